The van der Waals surface area contributed by atoms with Crippen LogP contribution in [0.15, 0.2) is 66.7 Å². The van der Waals surface area contributed by atoms with E-state index in [1.165, 1.54) is 11.1 Å². The molecule has 3 heteroatoms. The number of benzene rings is 3. The highest BCUT2D eigenvalue weighted by Crippen LogP contribution is 2.45. The molecule has 0 aromatic heterocycles. The van der Waals surface area contributed by atoms with E-state index < -0.39 is 0 Å². The van der Waals surface area contributed by atoms with E-state index in [2.05, 4.69) is 12.1 Å². The normalized spacial score (nSPS) is 11.5. The molecular formula is C21H16O3. The van der Waals surface area contributed by atoms with Gasteiger partial charge in [0, 0.05) is 12.0 Å². The molecule has 1 aliphatic rings. The summed E-state index contributed by atoms with van der Waals surface area (Å²) in [6.45, 7) is 0. The molecule has 0 saturated heterocycles. The van der Waals surface area contributed by atoms with Crippen LogP contribution in [0.4, 0.5) is 0 Å². The number of rotatable bonds is 3. The molecule has 0 aliphatic heterocycles. The summed E-state index contributed by atoms with van der Waals surface area (Å²) in [6, 6.07) is 21.1. The standard InChI is InChI=1S/C21H16O3/c1-23-19-12-11-17-16-10-6-5-9-15(16)13-18(17)20(19)24-21(22)14-7-3-2-4-8-14/h2-12H,13H2,1H3. The first-order valence-corrected chi connectivity index (χ1v) is 7.83. The minimum atomic E-state index is -0.377. The number of carbonyl (C=O) groups excluding carboxylic acids is 1. The molecule has 1 aliphatic carbocycles. The lowest BCUT2D eigenvalue weighted by atomic mass is 10.1. The maximum absolute atomic E-state index is 12.5. The van der Waals surface area contributed by atoms with Gasteiger partial charge in [0.2, 0.25) is 0 Å². The number of ether oxygens (including phenoxy) is 2. The van der Waals surface area contributed by atoms with Crippen LogP contribution in [0.25, 0.3) is 11.1 Å². The second-order valence-electron chi connectivity index (χ2n) is 5.71. The van der Waals surface area contributed by atoms with Gasteiger partial charge in [0.25, 0.3) is 0 Å². The van der Waals surface area contributed by atoms with Crippen LogP contribution in [0.2, 0.25) is 0 Å². The van der Waals surface area contributed by atoms with Gasteiger partial charge < -0.3 is 9.47 Å². The number of carbonyl (C=O) groups is 1. The second kappa shape index (κ2) is 5.85. The largest absolute Gasteiger partial charge is 0.493 e. The fourth-order valence-corrected chi connectivity index (χ4v) is 3.16. The third-order valence-corrected chi connectivity index (χ3v) is 4.32. The third kappa shape index (κ3) is 2.35. The lowest BCUT2D eigenvalue weighted by Crippen LogP contribution is -2.10. The van der Waals surface area contributed by atoms with Gasteiger partial charge >= 0.3 is 5.97 Å². The zero-order chi connectivity index (χ0) is 16.5. The van der Waals surface area contributed by atoms with Crippen molar-refractivity contribution in [2.24, 2.45) is 0 Å². The zero-order valence-corrected chi connectivity index (χ0v) is 13.3. The summed E-state index contributed by atoms with van der Waals surface area (Å²) >= 11 is 0. The second-order valence-corrected chi connectivity index (χ2v) is 5.71. The Bertz CT molecular complexity index is 914. The third-order valence-electron chi connectivity index (χ3n) is 4.32. The molecule has 0 bridgehead atoms. The van der Waals surface area contributed by atoms with Crippen LogP contribution < -0.4 is 9.47 Å². The first-order chi connectivity index (χ1) is 11.8. The Balaban J connectivity index is 1.77. The van der Waals surface area contributed by atoms with Gasteiger partial charge in [-0.25, -0.2) is 4.79 Å². The number of fused-ring (bicyclic) bond motifs is 3. The molecule has 3 aromatic rings. The summed E-state index contributed by atoms with van der Waals surface area (Å²) in [6.07, 6.45) is 0.736. The highest BCUT2D eigenvalue weighted by molar-refractivity contribution is 5.92. The van der Waals surface area contributed by atoms with Gasteiger partial charge in [0.05, 0.1) is 12.7 Å². The molecule has 24 heavy (non-hydrogen) atoms. The van der Waals surface area contributed by atoms with Crippen molar-refractivity contribution >= 4 is 5.97 Å². The summed E-state index contributed by atoms with van der Waals surface area (Å²) in [4.78, 5) is 12.5. The highest BCUT2D eigenvalue weighted by atomic mass is 16.6. The minimum Gasteiger partial charge on any atom is -0.493 e. The Labute approximate surface area is 140 Å². The van der Waals surface area contributed by atoms with Crippen LogP contribution in [-0.2, 0) is 6.42 Å². The molecule has 0 radical (unpaired) electrons. The molecule has 0 N–H and O–H groups in total. The van der Waals surface area contributed by atoms with Crippen LogP contribution in [0.3, 0.4) is 0 Å². The minimum absolute atomic E-state index is 0.377. The molecule has 0 spiro atoms. The van der Waals surface area contributed by atoms with Crippen molar-refractivity contribution in [3.05, 3.63) is 83.4 Å². The Morgan fingerprint density at radius 3 is 2.42 bits per heavy atom. The average Bonchev–Trinajstić information content (AvgIpc) is 3.02. The zero-order valence-electron chi connectivity index (χ0n) is 13.3. The maximum Gasteiger partial charge on any atom is 0.343 e. The van der Waals surface area contributed by atoms with E-state index in [9.17, 15) is 4.79 Å². The molecule has 4 rings (SSSR count). The first-order valence-electron chi connectivity index (χ1n) is 7.83. The van der Waals surface area contributed by atoms with E-state index in [-0.39, 0.29) is 5.97 Å². The summed E-state index contributed by atoms with van der Waals surface area (Å²) in [5, 5.41) is 0. The number of hydrogen-bond donors (Lipinski definition) is 0. The molecule has 0 unspecified atom stereocenters. The molecule has 0 amide bonds. The SMILES string of the molecule is COc1ccc2c(c1OC(=O)c1ccccc1)Cc1ccccc1-2. The van der Waals surface area contributed by atoms with E-state index >= 15 is 0 Å². The van der Waals surface area contributed by atoms with E-state index in [1.54, 1.807) is 19.2 Å². The molecule has 3 aromatic carbocycles. The summed E-state index contributed by atoms with van der Waals surface area (Å²) < 4.78 is 11.2. The van der Waals surface area contributed by atoms with Gasteiger partial charge in [0.15, 0.2) is 11.5 Å². The molecule has 0 heterocycles. The Morgan fingerprint density at radius 2 is 1.62 bits per heavy atom. The Hall–Kier alpha value is -3.07. The van der Waals surface area contributed by atoms with Crippen molar-refractivity contribution in [2.75, 3.05) is 7.11 Å². The maximum atomic E-state index is 12.5. The van der Waals surface area contributed by atoms with E-state index in [0.29, 0.717) is 17.1 Å². The van der Waals surface area contributed by atoms with Crippen molar-refractivity contribution in [2.45, 2.75) is 6.42 Å². The smallest absolute Gasteiger partial charge is 0.343 e. The van der Waals surface area contributed by atoms with Crippen molar-refractivity contribution in [3.63, 3.8) is 0 Å². The molecule has 3 nitrogen and oxygen atoms in total. The Morgan fingerprint density at radius 1 is 0.875 bits per heavy atom. The summed E-state index contributed by atoms with van der Waals surface area (Å²) in [5.41, 5.74) is 5.04. The van der Waals surface area contributed by atoms with Crippen molar-refractivity contribution in [1.29, 1.82) is 0 Å². The van der Waals surface area contributed by atoms with Gasteiger partial charge in [-0.1, -0.05) is 48.5 Å². The summed E-state index contributed by atoms with van der Waals surface area (Å²) in [7, 11) is 1.59. The van der Waals surface area contributed by atoms with Gasteiger partial charge in [-0.15, -0.1) is 0 Å². The van der Waals surface area contributed by atoms with Crippen LogP contribution in [0.5, 0.6) is 11.5 Å². The van der Waals surface area contributed by atoms with Crippen LogP contribution >= 0.6 is 0 Å². The molecule has 0 saturated carbocycles. The van der Waals surface area contributed by atoms with E-state index in [0.717, 1.165) is 17.5 Å². The fraction of sp³-hybridized carbons (Fsp3) is 0.0952. The van der Waals surface area contributed by atoms with Crippen LogP contribution in [-0.4, -0.2) is 13.1 Å². The number of hydrogen-bond acceptors (Lipinski definition) is 3. The molecule has 0 fully saturated rings. The van der Waals surface area contributed by atoms with Gasteiger partial charge in [-0.2, -0.15) is 0 Å². The van der Waals surface area contributed by atoms with Gasteiger partial charge in [-0.3, -0.25) is 0 Å². The Kier molecular flexibility index (Phi) is 3.54. The van der Waals surface area contributed by atoms with E-state index in [4.69, 9.17) is 9.47 Å². The van der Waals surface area contributed by atoms with Crippen LogP contribution in [0, 0.1) is 0 Å². The monoisotopic (exact) mass is 316 g/mol. The number of esters is 1. The van der Waals surface area contributed by atoms with Gasteiger partial charge in [-0.05, 0) is 34.9 Å². The first kappa shape index (κ1) is 14.5. The van der Waals surface area contributed by atoms with Crippen LogP contribution in [0.1, 0.15) is 21.5 Å². The van der Waals surface area contributed by atoms with Gasteiger partial charge in [0.1, 0.15) is 0 Å². The molecule has 0 atom stereocenters. The summed E-state index contributed by atoms with van der Waals surface area (Å²) in [5.74, 6) is 0.712. The topological polar surface area (TPSA) is 35.5 Å². The van der Waals surface area contributed by atoms with Crippen molar-refractivity contribution in [3.8, 4) is 22.6 Å². The van der Waals surface area contributed by atoms with Crippen molar-refractivity contribution in [1.82, 2.24) is 0 Å². The highest BCUT2D eigenvalue weighted by Gasteiger charge is 2.26. The quantitative estimate of drug-likeness (QED) is 0.413. The predicted octanol–water partition coefficient (Wildman–Crippen LogP) is 4.49. The lowest BCUT2D eigenvalue weighted by Gasteiger charge is -2.13. The molecule has 118 valence electrons. The fourth-order valence-electron chi connectivity index (χ4n) is 3.16. The molecular weight excluding hydrogens is 300 g/mol. The predicted molar refractivity (Wildman–Crippen MR) is 92.6 cm³/mol. The average molecular weight is 316 g/mol. The lowest BCUT2D eigenvalue weighted by molar-refractivity contribution is 0.0728. The van der Waals surface area contributed by atoms with Crippen molar-refractivity contribution < 1.29 is 14.3 Å². The van der Waals surface area contributed by atoms with E-state index in [1.807, 2.05) is 42.5 Å². The number of methoxy groups -OCH3 is 1.